The smallest absolute Gasteiger partial charge is 0.264 e. The van der Waals surface area contributed by atoms with Crippen molar-refractivity contribution < 1.29 is 18.0 Å². The first-order chi connectivity index (χ1) is 19.5. The molecule has 0 heterocycles. The molecule has 3 aromatic rings. The van der Waals surface area contributed by atoms with Gasteiger partial charge in [-0.1, -0.05) is 85.5 Å². The number of carbonyl (C=O) groups excluding carboxylic acids is 2. The van der Waals surface area contributed by atoms with Crippen LogP contribution in [-0.2, 0) is 26.2 Å². The second-order valence-corrected chi connectivity index (χ2v) is 12.6. The van der Waals surface area contributed by atoms with Crippen molar-refractivity contribution in [3.8, 4) is 0 Å². The van der Waals surface area contributed by atoms with Gasteiger partial charge in [0.2, 0.25) is 11.8 Å². The predicted molar refractivity (Wildman–Crippen MR) is 166 cm³/mol. The predicted octanol–water partition coefficient (Wildman–Crippen LogP) is 6.18. The highest BCUT2D eigenvalue weighted by Gasteiger charge is 2.34. The minimum Gasteiger partial charge on any atom is -0.354 e. The zero-order valence-corrected chi connectivity index (χ0v) is 26.1. The number of hydrogen-bond acceptors (Lipinski definition) is 4. The van der Waals surface area contributed by atoms with Gasteiger partial charge in [-0.3, -0.25) is 13.9 Å². The molecule has 0 aliphatic carbocycles. The van der Waals surface area contributed by atoms with Gasteiger partial charge in [0.15, 0.2) is 0 Å². The monoisotopic (exact) mass is 597 g/mol. The summed E-state index contributed by atoms with van der Waals surface area (Å²) < 4.78 is 29.2. The molecule has 3 aromatic carbocycles. The summed E-state index contributed by atoms with van der Waals surface area (Å²) >= 11 is 6.40. The lowest BCUT2D eigenvalue weighted by Crippen LogP contribution is -2.52. The molecule has 0 aliphatic heterocycles. The molecule has 0 spiro atoms. The Bertz CT molecular complexity index is 1460. The van der Waals surface area contributed by atoms with E-state index >= 15 is 0 Å². The highest BCUT2D eigenvalue weighted by Crippen LogP contribution is 2.31. The Morgan fingerprint density at radius 2 is 1.61 bits per heavy atom. The molecule has 2 amide bonds. The molecule has 0 aromatic heterocycles. The van der Waals surface area contributed by atoms with Crippen LogP contribution in [0.5, 0.6) is 0 Å². The molecular formula is C32H40ClN3O4S. The number of nitrogens with one attached hydrogen (secondary N) is 1. The summed E-state index contributed by atoms with van der Waals surface area (Å²) in [5, 5.41) is 3.33. The quantitative estimate of drug-likeness (QED) is 0.238. The first kappa shape index (κ1) is 32.2. The molecule has 0 bridgehead atoms. The van der Waals surface area contributed by atoms with Gasteiger partial charge in [0.05, 0.1) is 10.6 Å². The van der Waals surface area contributed by atoms with Crippen molar-refractivity contribution in [2.75, 3.05) is 17.4 Å². The standard InChI is InChI=1S/C32H40ClN3O4S/c1-6-8-19-34-32(38)29(7-2)35(21-26-12-9-11-24(4)20-26)31(37)22-36(30-14-10-13-28(33)25(30)5)41(39,40)27-17-15-23(3)16-18-27/h9-18,20,29H,6-8,19,21-22H2,1-5H3,(H,34,38)/t29-/m1/s1. The number of hydrogen-bond donors (Lipinski definition) is 1. The summed E-state index contributed by atoms with van der Waals surface area (Å²) in [5.74, 6) is -0.743. The van der Waals surface area contributed by atoms with E-state index in [0.717, 1.165) is 33.8 Å². The van der Waals surface area contributed by atoms with Crippen LogP contribution in [0.15, 0.2) is 71.6 Å². The lowest BCUT2D eigenvalue weighted by atomic mass is 10.1. The number of carbonyl (C=O) groups is 2. The Hall–Kier alpha value is -3.36. The number of unbranched alkanes of at least 4 members (excludes halogenated alkanes) is 1. The van der Waals surface area contributed by atoms with E-state index in [1.807, 2.05) is 52.0 Å². The average Bonchev–Trinajstić information content (AvgIpc) is 2.93. The second-order valence-electron chi connectivity index (χ2n) is 10.3. The minimum absolute atomic E-state index is 0.0601. The van der Waals surface area contributed by atoms with Crippen molar-refractivity contribution in [2.24, 2.45) is 0 Å². The lowest BCUT2D eigenvalue weighted by Gasteiger charge is -2.33. The molecule has 7 nitrogen and oxygen atoms in total. The number of amides is 2. The van der Waals surface area contributed by atoms with E-state index in [2.05, 4.69) is 5.32 Å². The Morgan fingerprint density at radius 1 is 0.927 bits per heavy atom. The Balaban J connectivity index is 2.08. The van der Waals surface area contributed by atoms with Gasteiger partial charge in [0.1, 0.15) is 12.6 Å². The second kappa shape index (κ2) is 14.5. The summed E-state index contributed by atoms with van der Waals surface area (Å²) in [6, 6.07) is 18.4. The van der Waals surface area contributed by atoms with Crippen LogP contribution in [0.3, 0.4) is 0 Å². The zero-order chi connectivity index (χ0) is 30.2. The maximum Gasteiger partial charge on any atom is 0.264 e. The molecule has 1 N–H and O–H groups in total. The number of halogens is 1. The third-order valence-corrected chi connectivity index (χ3v) is 9.23. The molecule has 0 saturated heterocycles. The van der Waals surface area contributed by atoms with E-state index in [0.29, 0.717) is 29.2 Å². The number of benzene rings is 3. The van der Waals surface area contributed by atoms with E-state index in [-0.39, 0.29) is 17.3 Å². The summed E-state index contributed by atoms with van der Waals surface area (Å²) in [4.78, 5) is 29.0. The summed E-state index contributed by atoms with van der Waals surface area (Å²) in [6.45, 7) is 9.62. The molecule has 0 radical (unpaired) electrons. The molecule has 220 valence electrons. The third kappa shape index (κ3) is 8.11. The van der Waals surface area contributed by atoms with Gasteiger partial charge in [-0.2, -0.15) is 0 Å². The fourth-order valence-electron chi connectivity index (χ4n) is 4.65. The van der Waals surface area contributed by atoms with E-state index in [1.165, 1.54) is 17.0 Å². The molecule has 0 aliphatic rings. The van der Waals surface area contributed by atoms with Crippen molar-refractivity contribution in [1.29, 1.82) is 0 Å². The van der Waals surface area contributed by atoms with Crippen molar-refractivity contribution in [3.63, 3.8) is 0 Å². The van der Waals surface area contributed by atoms with Gasteiger partial charge < -0.3 is 10.2 Å². The van der Waals surface area contributed by atoms with Crippen LogP contribution >= 0.6 is 11.6 Å². The number of nitrogens with zero attached hydrogens (tertiary/aromatic N) is 2. The lowest BCUT2D eigenvalue weighted by molar-refractivity contribution is -0.140. The first-order valence-corrected chi connectivity index (χ1v) is 15.8. The van der Waals surface area contributed by atoms with Gasteiger partial charge in [0.25, 0.3) is 10.0 Å². The maximum atomic E-state index is 14.2. The summed E-state index contributed by atoms with van der Waals surface area (Å²) in [6.07, 6.45) is 2.12. The van der Waals surface area contributed by atoms with Crippen LogP contribution in [0.25, 0.3) is 0 Å². The van der Waals surface area contributed by atoms with Gasteiger partial charge in [0, 0.05) is 18.1 Å². The molecular weight excluding hydrogens is 558 g/mol. The van der Waals surface area contributed by atoms with Crippen LogP contribution in [0, 0.1) is 20.8 Å². The molecule has 0 unspecified atom stereocenters. The van der Waals surface area contributed by atoms with Crippen LogP contribution in [0.1, 0.15) is 55.4 Å². The molecule has 3 rings (SSSR count). The van der Waals surface area contributed by atoms with Crippen LogP contribution in [-0.4, -0.2) is 44.3 Å². The SMILES string of the molecule is CCCCNC(=O)[C@@H](CC)N(Cc1cccc(C)c1)C(=O)CN(c1cccc(Cl)c1C)S(=O)(=O)c1ccc(C)cc1. The molecule has 9 heteroatoms. The van der Waals surface area contributed by atoms with E-state index < -0.39 is 28.5 Å². The zero-order valence-electron chi connectivity index (χ0n) is 24.5. The Kier molecular flexibility index (Phi) is 11.4. The summed E-state index contributed by atoms with van der Waals surface area (Å²) in [5.41, 5.74) is 3.63. The number of sulfonamides is 1. The topological polar surface area (TPSA) is 86.8 Å². The Labute approximate surface area is 249 Å². The fourth-order valence-corrected chi connectivity index (χ4v) is 6.29. The Morgan fingerprint density at radius 3 is 2.24 bits per heavy atom. The number of rotatable bonds is 13. The van der Waals surface area contributed by atoms with Gasteiger partial charge in [-0.15, -0.1) is 0 Å². The average molecular weight is 598 g/mol. The van der Waals surface area contributed by atoms with Crippen molar-refractivity contribution in [1.82, 2.24) is 10.2 Å². The first-order valence-electron chi connectivity index (χ1n) is 14.0. The van der Waals surface area contributed by atoms with Crippen LogP contribution in [0.2, 0.25) is 5.02 Å². The number of anilines is 1. The van der Waals surface area contributed by atoms with Gasteiger partial charge >= 0.3 is 0 Å². The van der Waals surface area contributed by atoms with Gasteiger partial charge in [-0.05, 0) is 69.0 Å². The highest BCUT2D eigenvalue weighted by molar-refractivity contribution is 7.92. The number of aryl methyl sites for hydroxylation is 2. The van der Waals surface area contributed by atoms with Crippen LogP contribution in [0.4, 0.5) is 5.69 Å². The van der Waals surface area contributed by atoms with Crippen LogP contribution < -0.4 is 9.62 Å². The van der Waals surface area contributed by atoms with Gasteiger partial charge in [-0.25, -0.2) is 8.42 Å². The molecule has 1 atom stereocenters. The minimum atomic E-state index is -4.16. The van der Waals surface area contributed by atoms with E-state index in [9.17, 15) is 18.0 Å². The largest absolute Gasteiger partial charge is 0.354 e. The molecule has 0 fully saturated rings. The van der Waals surface area contributed by atoms with E-state index in [1.54, 1.807) is 37.3 Å². The van der Waals surface area contributed by atoms with Crippen molar-refractivity contribution in [3.05, 3.63) is 94.0 Å². The highest BCUT2D eigenvalue weighted by atomic mass is 35.5. The van der Waals surface area contributed by atoms with Crippen molar-refractivity contribution >= 4 is 39.1 Å². The third-order valence-electron chi connectivity index (χ3n) is 7.05. The molecule has 0 saturated carbocycles. The van der Waals surface area contributed by atoms with Crippen molar-refractivity contribution in [2.45, 2.75) is 71.4 Å². The maximum absolute atomic E-state index is 14.2. The van der Waals surface area contributed by atoms with E-state index in [4.69, 9.17) is 11.6 Å². The molecule has 41 heavy (non-hydrogen) atoms. The fraction of sp³-hybridized carbons (Fsp3) is 0.375. The normalized spacial score (nSPS) is 12.0. The summed E-state index contributed by atoms with van der Waals surface area (Å²) in [7, 11) is -4.16.